The van der Waals surface area contributed by atoms with Crippen molar-refractivity contribution in [3.8, 4) is 0 Å². The van der Waals surface area contributed by atoms with E-state index in [0.717, 1.165) is 5.56 Å². The zero-order valence-electron chi connectivity index (χ0n) is 13.9. The van der Waals surface area contributed by atoms with E-state index >= 15 is 0 Å². The van der Waals surface area contributed by atoms with Gasteiger partial charge in [-0.3, -0.25) is 9.59 Å². The van der Waals surface area contributed by atoms with Gasteiger partial charge in [-0.05, 0) is 30.0 Å². The van der Waals surface area contributed by atoms with Crippen LogP contribution in [0.2, 0.25) is 0 Å². The molecule has 1 heterocycles. The Kier molecular flexibility index (Phi) is 3.87. The fraction of sp³-hybridized carbons (Fsp3) is 0.316. The van der Waals surface area contributed by atoms with E-state index in [9.17, 15) is 14.4 Å². The minimum absolute atomic E-state index is 0.00457. The van der Waals surface area contributed by atoms with Crippen LogP contribution in [0.3, 0.4) is 0 Å². The summed E-state index contributed by atoms with van der Waals surface area (Å²) in [5, 5.41) is 2.56. The highest BCUT2D eigenvalue weighted by Gasteiger charge is 2.33. The van der Waals surface area contributed by atoms with Gasteiger partial charge in [-0.1, -0.05) is 32.0 Å². The van der Waals surface area contributed by atoms with Gasteiger partial charge in [0.15, 0.2) is 5.78 Å². The third-order valence-electron chi connectivity index (χ3n) is 4.24. The summed E-state index contributed by atoms with van der Waals surface area (Å²) in [6.07, 6.45) is 0.911. The molecule has 1 N–H and O–H groups in total. The van der Waals surface area contributed by atoms with Crippen molar-refractivity contribution < 1.29 is 14.0 Å². The molecule has 0 saturated heterocycles. The predicted octanol–water partition coefficient (Wildman–Crippen LogP) is 3.36. The Balaban J connectivity index is 1.95. The van der Waals surface area contributed by atoms with Crippen molar-refractivity contribution in [1.82, 2.24) is 0 Å². The lowest BCUT2D eigenvalue weighted by Gasteiger charge is -2.28. The molecule has 0 radical (unpaired) electrons. The van der Waals surface area contributed by atoms with Crippen molar-refractivity contribution in [2.75, 3.05) is 5.32 Å². The lowest BCUT2D eigenvalue weighted by molar-refractivity contribution is 0.0896. The van der Waals surface area contributed by atoms with Crippen LogP contribution >= 0.6 is 0 Å². The van der Waals surface area contributed by atoms with E-state index in [1.54, 1.807) is 12.1 Å². The van der Waals surface area contributed by atoms with Crippen LogP contribution in [0.15, 0.2) is 39.5 Å². The van der Waals surface area contributed by atoms with Crippen molar-refractivity contribution in [3.63, 3.8) is 0 Å². The number of rotatable bonds is 2. The Morgan fingerprint density at radius 3 is 2.58 bits per heavy atom. The molecule has 0 unspecified atom stereocenters. The first-order valence-electron chi connectivity index (χ1n) is 7.84. The number of hydrogen-bond donors (Lipinski definition) is 1. The van der Waals surface area contributed by atoms with E-state index in [1.165, 1.54) is 6.07 Å². The number of carbonyl (C=O) groups excluding carboxylic acids is 2. The van der Waals surface area contributed by atoms with Crippen molar-refractivity contribution in [1.29, 1.82) is 0 Å². The molecule has 1 amide bonds. The molecule has 2 aromatic rings. The van der Waals surface area contributed by atoms with E-state index < -0.39 is 11.5 Å². The Morgan fingerprint density at radius 1 is 1.17 bits per heavy atom. The van der Waals surface area contributed by atoms with Crippen LogP contribution in [-0.4, -0.2) is 11.7 Å². The molecule has 1 aliphatic rings. The molecule has 0 atom stereocenters. The average molecular weight is 325 g/mol. The van der Waals surface area contributed by atoms with Crippen LogP contribution in [0.5, 0.6) is 0 Å². The molecule has 0 aliphatic heterocycles. The topological polar surface area (TPSA) is 76.4 Å². The normalized spacial score (nSPS) is 15.7. The van der Waals surface area contributed by atoms with Crippen molar-refractivity contribution in [3.05, 3.63) is 63.2 Å². The van der Waals surface area contributed by atoms with Crippen LogP contribution in [-0.2, 0) is 6.42 Å². The van der Waals surface area contributed by atoms with Crippen LogP contribution in [0.1, 0.15) is 52.3 Å². The maximum atomic E-state index is 12.4. The van der Waals surface area contributed by atoms with Gasteiger partial charge in [0, 0.05) is 18.4 Å². The highest BCUT2D eigenvalue weighted by molar-refractivity contribution is 6.06. The summed E-state index contributed by atoms with van der Waals surface area (Å²) in [5.41, 5.74) is 0.786. The highest BCUT2D eigenvalue weighted by Crippen LogP contribution is 2.34. The van der Waals surface area contributed by atoms with Crippen molar-refractivity contribution in [2.45, 2.75) is 33.6 Å². The van der Waals surface area contributed by atoms with Crippen LogP contribution in [0.4, 0.5) is 5.69 Å². The zero-order valence-corrected chi connectivity index (χ0v) is 13.9. The van der Waals surface area contributed by atoms with Gasteiger partial charge in [0.05, 0.1) is 5.56 Å². The summed E-state index contributed by atoms with van der Waals surface area (Å²) in [7, 11) is 0. The van der Waals surface area contributed by atoms with Gasteiger partial charge in [0.25, 0.3) is 5.91 Å². The third kappa shape index (κ3) is 3.02. The number of carbonyl (C=O) groups is 2. The number of Topliss-reactive ketones (excluding diaryl/α,β-unsaturated/α-hetero) is 1. The number of amides is 1. The van der Waals surface area contributed by atoms with E-state index in [1.807, 2.05) is 32.9 Å². The van der Waals surface area contributed by atoms with E-state index in [0.29, 0.717) is 29.7 Å². The van der Waals surface area contributed by atoms with Crippen LogP contribution in [0, 0.1) is 12.3 Å². The molecule has 1 aliphatic carbocycles. The molecular formula is C19H19NO4. The smallest absolute Gasteiger partial charge is 0.359 e. The Morgan fingerprint density at radius 2 is 1.88 bits per heavy atom. The molecule has 5 nitrogen and oxygen atoms in total. The summed E-state index contributed by atoms with van der Waals surface area (Å²) in [5.74, 6) is -0.0736. The zero-order chi connectivity index (χ0) is 17.5. The molecule has 124 valence electrons. The SMILES string of the molecule is Cc1ccccc1C(=O)Nc1cc2c(oc1=O)CC(C)(C)CC2=O. The first-order valence-corrected chi connectivity index (χ1v) is 7.84. The number of benzene rings is 1. The molecule has 1 aromatic heterocycles. The van der Waals surface area contributed by atoms with Gasteiger partial charge in [0.1, 0.15) is 11.4 Å². The highest BCUT2D eigenvalue weighted by atomic mass is 16.4. The van der Waals surface area contributed by atoms with Gasteiger partial charge in [0.2, 0.25) is 0 Å². The monoisotopic (exact) mass is 325 g/mol. The largest absolute Gasteiger partial charge is 0.426 e. The predicted molar refractivity (Wildman–Crippen MR) is 90.5 cm³/mol. The maximum Gasteiger partial charge on any atom is 0.359 e. The van der Waals surface area contributed by atoms with E-state index in [-0.39, 0.29) is 16.9 Å². The van der Waals surface area contributed by atoms with Crippen molar-refractivity contribution >= 4 is 17.4 Å². The average Bonchev–Trinajstić information content (AvgIpc) is 2.48. The van der Waals surface area contributed by atoms with Gasteiger partial charge >= 0.3 is 5.63 Å². The second-order valence-corrected chi connectivity index (χ2v) is 6.99. The molecule has 0 fully saturated rings. The standard InChI is InChI=1S/C19H19NO4/c1-11-6-4-5-7-12(11)17(22)20-14-8-13-15(21)9-19(2,3)10-16(13)24-18(14)23/h4-8H,9-10H2,1-3H3,(H,20,22). The number of anilines is 1. The Labute approximate surface area is 139 Å². The summed E-state index contributed by atoms with van der Waals surface area (Å²) < 4.78 is 5.31. The molecule has 24 heavy (non-hydrogen) atoms. The molecule has 3 rings (SSSR count). The summed E-state index contributed by atoms with van der Waals surface area (Å²) in [6, 6.07) is 8.52. The second-order valence-electron chi connectivity index (χ2n) is 6.99. The second kappa shape index (κ2) is 5.74. The molecule has 0 spiro atoms. The number of nitrogens with one attached hydrogen (secondary N) is 1. The quantitative estimate of drug-likeness (QED) is 0.918. The van der Waals surface area contributed by atoms with Gasteiger partial charge in [-0.25, -0.2) is 4.79 Å². The molecule has 0 bridgehead atoms. The first-order chi connectivity index (χ1) is 11.3. The minimum Gasteiger partial charge on any atom is -0.426 e. The summed E-state index contributed by atoms with van der Waals surface area (Å²) >= 11 is 0. The van der Waals surface area contributed by atoms with Gasteiger partial charge in [-0.15, -0.1) is 0 Å². The fourth-order valence-corrected chi connectivity index (χ4v) is 3.00. The van der Waals surface area contributed by atoms with E-state index in [4.69, 9.17) is 4.42 Å². The molecular weight excluding hydrogens is 306 g/mol. The number of ketones is 1. The summed E-state index contributed by atoms with van der Waals surface area (Å²) in [6.45, 7) is 5.74. The number of hydrogen-bond acceptors (Lipinski definition) is 4. The number of aryl methyl sites for hydroxylation is 1. The van der Waals surface area contributed by atoms with Crippen molar-refractivity contribution in [2.24, 2.45) is 5.41 Å². The molecule has 0 saturated carbocycles. The van der Waals surface area contributed by atoms with E-state index in [2.05, 4.69) is 5.32 Å². The lowest BCUT2D eigenvalue weighted by Crippen LogP contribution is -2.29. The van der Waals surface area contributed by atoms with Gasteiger partial charge < -0.3 is 9.73 Å². The van der Waals surface area contributed by atoms with Crippen LogP contribution < -0.4 is 10.9 Å². The van der Waals surface area contributed by atoms with Gasteiger partial charge in [-0.2, -0.15) is 0 Å². The maximum absolute atomic E-state index is 12.4. The fourth-order valence-electron chi connectivity index (χ4n) is 3.00. The minimum atomic E-state index is -0.638. The molecule has 5 heteroatoms. The third-order valence-corrected chi connectivity index (χ3v) is 4.24. The van der Waals surface area contributed by atoms with Crippen LogP contribution in [0.25, 0.3) is 0 Å². The number of fused-ring (bicyclic) bond motifs is 1. The lowest BCUT2D eigenvalue weighted by atomic mass is 9.76. The molecule has 1 aromatic carbocycles. The summed E-state index contributed by atoms with van der Waals surface area (Å²) in [4.78, 5) is 36.8. The Hall–Kier alpha value is -2.69. The first kappa shape index (κ1) is 16.2. The Bertz CT molecular complexity index is 892.